The van der Waals surface area contributed by atoms with Gasteiger partial charge in [-0.1, -0.05) is 12.1 Å². The molecule has 0 saturated carbocycles. The van der Waals surface area contributed by atoms with E-state index in [-0.39, 0.29) is 11.8 Å². The van der Waals surface area contributed by atoms with Gasteiger partial charge in [-0.2, -0.15) is 0 Å². The standard InChI is InChI=1S/C20H22N4O/c1-13-12-15(10-11-21-13)20(25)22-16-8-6-14(7-9-16)19-23-17-4-2-3-5-18(17)24-19/h2-9,13,15,21H,10-12H2,1H3,(H,22,25)(H,23,24)/t13-,15-/m0/s1. The number of imidazole rings is 1. The average molecular weight is 334 g/mol. The number of H-pyrrole nitrogens is 1. The van der Waals surface area contributed by atoms with Gasteiger partial charge in [0.1, 0.15) is 5.82 Å². The number of nitrogens with one attached hydrogen (secondary N) is 3. The topological polar surface area (TPSA) is 69.8 Å². The Kier molecular flexibility index (Phi) is 4.24. The maximum atomic E-state index is 12.4. The lowest BCUT2D eigenvalue weighted by atomic mass is 9.92. The van der Waals surface area contributed by atoms with Crippen LogP contribution < -0.4 is 10.6 Å². The number of para-hydroxylation sites is 2. The van der Waals surface area contributed by atoms with Crippen molar-refractivity contribution in [3.05, 3.63) is 48.5 Å². The minimum atomic E-state index is 0.0892. The Morgan fingerprint density at radius 1 is 1.16 bits per heavy atom. The molecule has 1 saturated heterocycles. The van der Waals surface area contributed by atoms with Crippen LogP contribution in [0, 0.1) is 5.92 Å². The lowest BCUT2D eigenvalue weighted by molar-refractivity contribution is -0.120. The zero-order chi connectivity index (χ0) is 17.2. The Morgan fingerprint density at radius 3 is 2.72 bits per heavy atom. The molecule has 0 spiro atoms. The highest BCUT2D eigenvalue weighted by molar-refractivity contribution is 5.93. The minimum Gasteiger partial charge on any atom is -0.338 e. The van der Waals surface area contributed by atoms with E-state index < -0.39 is 0 Å². The summed E-state index contributed by atoms with van der Waals surface area (Å²) in [5.74, 6) is 1.04. The predicted molar refractivity (Wildman–Crippen MR) is 100 cm³/mol. The molecule has 0 aliphatic carbocycles. The molecule has 3 N–H and O–H groups in total. The number of amides is 1. The summed E-state index contributed by atoms with van der Waals surface area (Å²) in [4.78, 5) is 20.4. The summed E-state index contributed by atoms with van der Waals surface area (Å²) < 4.78 is 0. The molecule has 128 valence electrons. The number of piperidine rings is 1. The van der Waals surface area contributed by atoms with Gasteiger partial charge in [-0.05, 0) is 62.7 Å². The van der Waals surface area contributed by atoms with Crippen LogP contribution in [0.2, 0.25) is 0 Å². The van der Waals surface area contributed by atoms with E-state index in [0.29, 0.717) is 6.04 Å². The number of rotatable bonds is 3. The van der Waals surface area contributed by atoms with E-state index in [2.05, 4.69) is 27.5 Å². The van der Waals surface area contributed by atoms with E-state index >= 15 is 0 Å². The van der Waals surface area contributed by atoms with Gasteiger partial charge in [0.05, 0.1) is 11.0 Å². The average Bonchev–Trinajstić information content (AvgIpc) is 3.06. The SMILES string of the molecule is C[C@H]1C[C@@H](C(=O)Nc2ccc(-c3nc4ccccc4[nH]3)cc2)CCN1. The van der Waals surface area contributed by atoms with Crippen molar-refractivity contribution < 1.29 is 4.79 Å². The summed E-state index contributed by atoms with van der Waals surface area (Å²) in [5, 5.41) is 6.42. The van der Waals surface area contributed by atoms with Gasteiger partial charge in [0.15, 0.2) is 0 Å². The van der Waals surface area contributed by atoms with Crippen molar-refractivity contribution in [1.29, 1.82) is 0 Å². The summed E-state index contributed by atoms with van der Waals surface area (Å²) in [5.41, 5.74) is 3.81. The number of hydrogen-bond acceptors (Lipinski definition) is 3. The number of fused-ring (bicyclic) bond motifs is 1. The number of aromatic amines is 1. The van der Waals surface area contributed by atoms with E-state index in [1.807, 2.05) is 48.5 Å². The zero-order valence-electron chi connectivity index (χ0n) is 14.3. The van der Waals surface area contributed by atoms with Gasteiger partial charge < -0.3 is 15.6 Å². The first-order chi connectivity index (χ1) is 12.2. The molecule has 0 radical (unpaired) electrons. The monoisotopic (exact) mass is 334 g/mol. The molecule has 1 fully saturated rings. The maximum absolute atomic E-state index is 12.4. The molecule has 0 unspecified atom stereocenters. The fourth-order valence-electron chi connectivity index (χ4n) is 3.42. The molecule has 5 nitrogen and oxygen atoms in total. The fraction of sp³-hybridized carbons (Fsp3) is 0.300. The van der Waals surface area contributed by atoms with Crippen molar-refractivity contribution in [2.45, 2.75) is 25.8 Å². The third kappa shape index (κ3) is 3.42. The van der Waals surface area contributed by atoms with E-state index in [0.717, 1.165) is 47.5 Å². The number of benzene rings is 2. The summed E-state index contributed by atoms with van der Waals surface area (Å²) in [6.45, 7) is 3.03. The summed E-state index contributed by atoms with van der Waals surface area (Å²) >= 11 is 0. The highest BCUT2D eigenvalue weighted by atomic mass is 16.1. The van der Waals surface area contributed by atoms with Crippen LogP contribution in [-0.2, 0) is 4.79 Å². The number of hydrogen-bond donors (Lipinski definition) is 3. The molecule has 1 aliphatic heterocycles. The van der Waals surface area contributed by atoms with Crippen molar-refractivity contribution in [2.75, 3.05) is 11.9 Å². The third-order valence-electron chi connectivity index (χ3n) is 4.81. The summed E-state index contributed by atoms with van der Waals surface area (Å²) in [6, 6.07) is 16.2. The van der Waals surface area contributed by atoms with Crippen molar-refractivity contribution in [2.24, 2.45) is 5.92 Å². The van der Waals surface area contributed by atoms with Crippen LogP contribution in [0.1, 0.15) is 19.8 Å². The second-order valence-corrected chi connectivity index (χ2v) is 6.75. The molecule has 1 aliphatic rings. The molecule has 5 heteroatoms. The Morgan fingerprint density at radius 2 is 1.96 bits per heavy atom. The van der Waals surface area contributed by atoms with Crippen molar-refractivity contribution >= 4 is 22.6 Å². The van der Waals surface area contributed by atoms with Gasteiger partial charge in [0, 0.05) is 23.2 Å². The lowest BCUT2D eigenvalue weighted by Gasteiger charge is -2.27. The fourth-order valence-corrected chi connectivity index (χ4v) is 3.42. The maximum Gasteiger partial charge on any atom is 0.227 e. The smallest absolute Gasteiger partial charge is 0.227 e. The van der Waals surface area contributed by atoms with Crippen LogP contribution in [0.5, 0.6) is 0 Å². The van der Waals surface area contributed by atoms with Gasteiger partial charge in [-0.25, -0.2) is 4.98 Å². The Labute approximate surface area is 146 Å². The van der Waals surface area contributed by atoms with Crippen LogP contribution in [0.25, 0.3) is 22.4 Å². The van der Waals surface area contributed by atoms with Crippen LogP contribution in [0.3, 0.4) is 0 Å². The largest absolute Gasteiger partial charge is 0.338 e. The number of aromatic nitrogens is 2. The number of carbonyl (C=O) groups is 1. The van der Waals surface area contributed by atoms with E-state index in [4.69, 9.17) is 0 Å². The van der Waals surface area contributed by atoms with Crippen LogP contribution in [0.15, 0.2) is 48.5 Å². The second kappa shape index (κ2) is 6.69. The van der Waals surface area contributed by atoms with Gasteiger partial charge >= 0.3 is 0 Å². The number of carbonyl (C=O) groups excluding carboxylic acids is 1. The molecule has 1 aromatic heterocycles. The van der Waals surface area contributed by atoms with Crippen LogP contribution in [0.4, 0.5) is 5.69 Å². The molecule has 3 aromatic rings. The quantitative estimate of drug-likeness (QED) is 0.686. The number of anilines is 1. The molecule has 2 heterocycles. The van der Waals surface area contributed by atoms with Crippen molar-refractivity contribution in [1.82, 2.24) is 15.3 Å². The molecular formula is C20H22N4O. The Bertz CT molecular complexity index is 851. The first kappa shape index (κ1) is 15.8. The third-order valence-corrected chi connectivity index (χ3v) is 4.81. The lowest BCUT2D eigenvalue weighted by Crippen LogP contribution is -2.40. The second-order valence-electron chi connectivity index (χ2n) is 6.75. The van der Waals surface area contributed by atoms with E-state index in [9.17, 15) is 4.79 Å². The van der Waals surface area contributed by atoms with Crippen LogP contribution in [-0.4, -0.2) is 28.5 Å². The number of nitrogens with zero attached hydrogens (tertiary/aromatic N) is 1. The highest BCUT2D eigenvalue weighted by Crippen LogP contribution is 2.23. The van der Waals surface area contributed by atoms with E-state index in [1.54, 1.807) is 0 Å². The molecule has 0 bridgehead atoms. The normalized spacial score (nSPS) is 20.5. The molecule has 4 rings (SSSR count). The van der Waals surface area contributed by atoms with Gasteiger partial charge in [0.25, 0.3) is 0 Å². The van der Waals surface area contributed by atoms with Crippen molar-refractivity contribution in [3.8, 4) is 11.4 Å². The van der Waals surface area contributed by atoms with Crippen LogP contribution >= 0.6 is 0 Å². The first-order valence-corrected chi connectivity index (χ1v) is 8.78. The highest BCUT2D eigenvalue weighted by Gasteiger charge is 2.24. The molecule has 25 heavy (non-hydrogen) atoms. The van der Waals surface area contributed by atoms with Gasteiger partial charge in [-0.3, -0.25) is 4.79 Å². The molecule has 2 aromatic carbocycles. The zero-order valence-corrected chi connectivity index (χ0v) is 14.3. The summed E-state index contributed by atoms with van der Waals surface area (Å²) in [7, 11) is 0. The first-order valence-electron chi connectivity index (χ1n) is 8.78. The molecule has 2 atom stereocenters. The van der Waals surface area contributed by atoms with Crippen molar-refractivity contribution in [3.63, 3.8) is 0 Å². The van der Waals surface area contributed by atoms with Gasteiger partial charge in [-0.15, -0.1) is 0 Å². The predicted octanol–water partition coefficient (Wildman–Crippen LogP) is 3.56. The Balaban J connectivity index is 1.47. The van der Waals surface area contributed by atoms with E-state index in [1.165, 1.54) is 0 Å². The molecule has 1 amide bonds. The summed E-state index contributed by atoms with van der Waals surface area (Å²) in [6.07, 6.45) is 1.79. The molecular weight excluding hydrogens is 312 g/mol. The minimum absolute atomic E-state index is 0.0892. The Hall–Kier alpha value is -2.66. The van der Waals surface area contributed by atoms with Gasteiger partial charge in [0.2, 0.25) is 5.91 Å².